The molecule has 26 heavy (non-hydrogen) atoms. The van der Waals surface area contributed by atoms with E-state index in [1.807, 2.05) is 0 Å². The van der Waals surface area contributed by atoms with Crippen LogP contribution in [0.15, 0.2) is 0 Å². The van der Waals surface area contributed by atoms with Crippen molar-refractivity contribution in [3.8, 4) is 0 Å². The normalized spacial score (nSPS) is 36.0. The Morgan fingerprint density at radius 3 is 2.42 bits per heavy atom. The zero-order chi connectivity index (χ0) is 19.3. The molecule has 1 heterocycles. The third kappa shape index (κ3) is 4.32. The molecule has 7 nitrogen and oxygen atoms in total. The third-order valence-electron chi connectivity index (χ3n) is 5.34. The Morgan fingerprint density at radius 1 is 1.27 bits per heavy atom. The first-order valence-corrected chi connectivity index (χ1v) is 9.97. The lowest BCUT2D eigenvalue weighted by atomic mass is 9.86. The van der Waals surface area contributed by atoms with E-state index < -0.39 is 39.5 Å². The first-order valence-electron chi connectivity index (χ1n) is 8.36. The highest BCUT2D eigenvalue weighted by Gasteiger charge is 2.59. The zero-order valence-electron chi connectivity index (χ0n) is 14.1. The molecule has 3 fully saturated rings. The Kier molecular flexibility index (Phi) is 5.04. The van der Waals surface area contributed by atoms with Gasteiger partial charge in [-0.2, -0.15) is 21.6 Å². The highest BCUT2D eigenvalue weighted by atomic mass is 32.2. The molecule has 3 aliphatic rings. The summed E-state index contributed by atoms with van der Waals surface area (Å²) >= 11 is 0. The molecule has 0 spiro atoms. The number of hydrogen-bond acceptors (Lipinski definition) is 6. The van der Waals surface area contributed by atoms with Crippen molar-refractivity contribution in [3.63, 3.8) is 0 Å². The molecule has 0 amide bonds. The predicted octanol–water partition coefficient (Wildman–Crippen LogP) is 1.57. The minimum atomic E-state index is -5.14. The lowest BCUT2D eigenvalue weighted by Crippen LogP contribution is -2.52. The van der Waals surface area contributed by atoms with Gasteiger partial charge in [0.05, 0.1) is 25.2 Å². The Balaban J connectivity index is 1.67. The van der Waals surface area contributed by atoms with Gasteiger partial charge < -0.3 is 14.2 Å². The molecule has 2 aliphatic carbocycles. The van der Waals surface area contributed by atoms with Crippen LogP contribution in [0.4, 0.5) is 13.2 Å². The third-order valence-corrected chi connectivity index (χ3v) is 6.25. The summed E-state index contributed by atoms with van der Waals surface area (Å²) in [4.78, 5) is 12.4. The molecular formula is C15H21F3O7S. The van der Waals surface area contributed by atoms with Gasteiger partial charge in [0.1, 0.15) is 11.9 Å². The minimum absolute atomic E-state index is 0.0443. The van der Waals surface area contributed by atoms with E-state index in [0.29, 0.717) is 33.0 Å². The van der Waals surface area contributed by atoms with Crippen LogP contribution in [0.5, 0.6) is 0 Å². The van der Waals surface area contributed by atoms with Crippen LogP contribution in [-0.2, 0) is 29.1 Å². The maximum atomic E-state index is 13.3. The van der Waals surface area contributed by atoms with Gasteiger partial charge in [-0.05, 0) is 38.0 Å². The number of alkyl halides is 3. The van der Waals surface area contributed by atoms with Crippen molar-refractivity contribution in [2.45, 2.75) is 50.2 Å². The van der Waals surface area contributed by atoms with Crippen LogP contribution < -0.4 is 0 Å². The van der Waals surface area contributed by atoms with E-state index in [2.05, 4.69) is 4.74 Å². The number of esters is 1. The molecule has 2 saturated carbocycles. The van der Waals surface area contributed by atoms with Gasteiger partial charge in [0.2, 0.25) is 5.60 Å². The molecule has 1 saturated heterocycles. The molecule has 0 aromatic heterocycles. The van der Waals surface area contributed by atoms with Crippen molar-refractivity contribution in [2.75, 3.05) is 19.0 Å². The average Bonchev–Trinajstić information content (AvgIpc) is 3.08. The fraction of sp³-hybridized carbons (Fsp3) is 0.933. The molecule has 6 atom stereocenters. The summed E-state index contributed by atoms with van der Waals surface area (Å²) in [6, 6.07) is 0. The van der Waals surface area contributed by atoms with Crippen LogP contribution in [0.25, 0.3) is 0 Å². The highest BCUT2D eigenvalue weighted by molar-refractivity contribution is 7.85. The fourth-order valence-electron chi connectivity index (χ4n) is 3.96. The summed E-state index contributed by atoms with van der Waals surface area (Å²) in [5.41, 5.74) is -3.31. The molecule has 0 aromatic rings. The number of hydrogen-bond donors (Lipinski definition) is 1. The summed E-state index contributed by atoms with van der Waals surface area (Å²) in [6.45, 7) is 1.45. The Labute approximate surface area is 148 Å². The first-order chi connectivity index (χ1) is 11.9. The molecule has 11 heteroatoms. The van der Waals surface area contributed by atoms with E-state index in [1.54, 1.807) is 0 Å². The average molecular weight is 402 g/mol. The lowest BCUT2D eigenvalue weighted by molar-refractivity contribution is -0.258. The van der Waals surface area contributed by atoms with Gasteiger partial charge in [-0.3, -0.25) is 9.35 Å². The van der Waals surface area contributed by atoms with Gasteiger partial charge in [0, 0.05) is 0 Å². The number of fused-ring (bicyclic) bond motifs is 2. The van der Waals surface area contributed by atoms with E-state index in [-0.39, 0.29) is 24.0 Å². The number of carbonyl (C=O) groups is 1. The summed E-state index contributed by atoms with van der Waals surface area (Å²) in [7, 11) is -5.00. The quantitative estimate of drug-likeness (QED) is 0.392. The van der Waals surface area contributed by atoms with Crippen LogP contribution in [0, 0.1) is 17.8 Å². The second-order valence-electron chi connectivity index (χ2n) is 7.55. The van der Waals surface area contributed by atoms with E-state index in [0.717, 1.165) is 6.42 Å². The van der Waals surface area contributed by atoms with Crippen molar-refractivity contribution >= 4 is 16.1 Å². The van der Waals surface area contributed by atoms with E-state index in [9.17, 15) is 26.4 Å². The smallest absolute Gasteiger partial charge is 0.429 e. The Bertz CT molecular complexity index is 661. The maximum absolute atomic E-state index is 13.3. The molecule has 0 radical (unpaired) electrons. The second-order valence-corrected chi connectivity index (χ2v) is 9.00. The number of ether oxygens (including phenoxy) is 3. The van der Waals surface area contributed by atoms with Crippen molar-refractivity contribution in [1.29, 1.82) is 0 Å². The van der Waals surface area contributed by atoms with Gasteiger partial charge >= 0.3 is 12.1 Å². The van der Waals surface area contributed by atoms with Crippen molar-refractivity contribution in [2.24, 2.45) is 17.8 Å². The maximum Gasteiger partial charge on any atom is 0.429 e. The van der Waals surface area contributed by atoms with Crippen LogP contribution in [0.1, 0.15) is 26.2 Å². The van der Waals surface area contributed by atoms with E-state index in [1.165, 1.54) is 0 Å². The molecule has 1 aliphatic heterocycles. The van der Waals surface area contributed by atoms with Crippen molar-refractivity contribution in [1.82, 2.24) is 0 Å². The van der Waals surface area contributed by atoms with Crippen LogP contribution in [0.3, 0.4) is 0 Å². The topological polar surface area (TPSA) is 102 Å². The van der Waals surface area contributed by atoms with Crippen LogP contribution >= 0.6 is 0 Å². The Hall–Kier alpha value is -0.910. The van der Waals surface area contributed by atoms with Gasteiger partial charge in [0.25, 0.3) is 10.1 Å². The standard InChI is InChI=1S/C15H21F3O7S/c1-14(15(16,17)18,7-26(20,21)22)25-13(19)11-3-8-2-10(11)12(4-8)24-6-9-5-23-9/h8-12H,2-7H2,1H3,(H,20,21,22). The molecule has 150 valence electrons. The SMILES string of the molecule is CC(CS(=O)(=O)O)(OC(=O)C1CC2CC(OCC3CO3)C1C2)C(F)(F)F. The monoisotopic (exact) mass is 402 g/mol. The molecule has 2 bridgehead atoms. The predicted molar refractivity (Wildman–Crippen MR) is 80.8 cm³/mol. The van der Waals surface area contributed by atoms with Gasteiger partial charge in [-0.15, -0.1) is 0 Å². The van der Waals surface area contributed by atoms with Gasteiger partial charge in [-0.25, -0.2) is 0 Å². The Morgan fingerprint density at radius 2 is 1.92 bits per heavy atom. The molecule has 0 aromatic carbocycles. The van der Waals surface area contributed by atoms with E-state index in [4.69, 9.17) is 14.0 Å². The number of carbonyl (C=O) groups excluding carboxylic acids is 1. The summed E-state index contributed by atoms with van der Waals surface area (Å²) in [5.74, 6) is -3.70. The zero-order valence-corrected chi connectivity index (χ0v) is 14.9. The van der Waals surface area contributed by atoms with Crippen molar-refractivity contribution in [3.05, 3.63) is 0 Å². The van der Waals surface area contributed by atoms with E-state index >= 15 is 0 Å². The summed E-state index contributed by atoms with van der Waals surface area (Å²) in [5, 5.41) is 0. The lowest BCUT2D eigenvalue weighted by Gasteiger charge is -2.34. The minimum Gasteiger partial charge on any atom is -0.448 e. The summed E-state index contributed by atoms with van der Waals surface area (Å²) in [6.07, 6.45) is -3.55. The first kappa shape index (κ1) is 19.8. The van der Waals surface area contributed by atoms with Crippen molar-refractivity contribution < 1.29 is 45.1 Å². The number of halogens is 3. The largest absolute Gasteiger partial charge is 0.448 e. The molecule has 3 rings (SSSR count). The number of rotatable bonds is 7. The highest BCUT2D eigenvalue weighted by Crippen LogP contribution is 2.51. The second kappa shape index (κ2) is 6.61. The number of epoxide rings is 1. The van der Waals surface area contributed by atoms with Gasteiger partial charge in [-0.1, -0.05) is 0 Å². The molecular weight excluding hydrogens is 381 g/mol. The van der Waals surface area contributed by atoms with Crippen LogP contribution in [0.2, 0.25) is 0 Å². The van der Waals surface area contributed by atoms with Crippen LogP contribution in [-0.4, -0.2) is 61.9 Å². The summed E-state index contributed by atoms with van der Waals surface area (Å²) < 4.78 is 86.0. The fourth-order valence-corrected chi connectivity index (χ4v) is 4.88. The van der Waals surface area contributed by atoms with Gasteiger partial charge in [0.15, 0.2) is 0 Å². The molecule has 1 N–H and O–H groups in total. The molecule has 6 unspecified atom stereocenters.